The third-order valence-corrected chi connectivity index (χ3v) is 4.63. The van der Waals surface area contributed by atoms with Gasteiger partial charge in [-0.25, -0.2) is 4.79 Å². The minimum atomic E-state index is 0.0199. The van der Waals surface area contributed by atoms with Gasteiger partial charge in [-0.2, -0.15) is 0 Å². The smallest absolute Gasteiger partial charge is 0.317 e. The molecular weight excluding hydrogens is 336 g/mol. The molecule has 0 radical (unpaired) electrons. The van der Waals surface area contributed by atoms with Crippen LogP contribution < -0.4 is 5.32 Å². The number of piperazine rings is 1. The van der Waals surface area contributed by atoms with Gasteiger partial charge in [-0.1, -0.05) is 29.8 Å². The molecule has 1 aliphatic rings. The van der Waals surface area contributed by atoms with Crippen LogP contribution >= 0.6 is 11.6 Å². The number of nitrogens with one attached hydrogen (secondary N) is 1. The Balaban J connectivity index is 1.37. The number of carbonyl (C=O) groups is 1. The topological polar surface area (TPSA) is 48.5 Å². The van der Waals surface area contributed by atoms with E-state index in [2.05, 4.69) is 15.2 Å². The third kappa shape index (κ3) is 5.44. The van der Waals surface area contributed by atoms with Crippen molar-refractivity contribution in [3.8, 4) is 0 Å². The van der Waals surface area contributed by atoms with Crippen LogP contribution in [0.2, 0.25) is 5.02 Å². The van der Waals surface area contributed by atoms with Crippen LogP contribution in [0.25, 0.3) is 0 Å². The van der Waals surface area contributed by atoms with Crippen molar-refractivity contribution in [2.45, 2.75) is 13.0 Å². The molecule has 0 bridgehead atoms. The van der Waals surface area contributed by atoms with E-state index in [1.807, 2.05) is 53.6 Å². The number of carbonyl (C=O) groups excluding carboxylic acids is 1. The highest BCUT2D eigenvalue weighted by Gasteiger charge is 2.20. The number of rotatable bonds is 5. The first-order chi connectivity index (χ1) is 12.2. The third-order valence-electron chi connectivity index (χ3n) is 4.37. The van der Waals surface area contributed by atoms with Crippen LogP contribution in [0.1, 0.15) is 11.3 Å². The summed E-state index contributed by atoms with van der Waals surface area (Å²) in [6.07, 6.45) is 2.63. The largest absolute Gasteiger partial charge is 0.338 e. The van der Waals surface area contributed by atoms with Gasteiger partial charge in [0, 0.05) is 50.5 Å². The Morgan fingerprint density at radius 2 is 1.84 bits per heavy atom. The zero-order valence-corrected chi connectivity index (χ0v) is 15.0. The molecule has 1 saturated heterocycles. The zero-order chi connectivity index (χ0) is 17.5. The van der Waals surface area contributed by atoms with Gasteiger partial charge < -0.3 is 10.2 Å². The van der Waals surface area contributed by atoms with E-state index >= 15 is 0 Å². The lowest BCUT2D eigenvalue weighted by Gasteiger charge is -2.34. The molecule has 0 atom stereocenters. The lowest BCUT2D eigenvalue weighted by atomic mass is 10.1. The van der Waals surface area contributed by atoms with Crippen LogP contribution in [-0.4, -0.2) is 53.5 Å². The summed E-state index contributed by atoms with van der Waals surface area (Å²) in [4.78, 5) is 20.8. The molecule has 25 heavy (non-hydrogen) atoms. The molecule has 2 amide bonds. The molecule has 1 aromatic heterocycles. The Labute approximate surface area is 153 Å². The van der Waals surface area contributed by atoms with Gasteiger partial charge in [0.1, 0.15) is 0 Å². The lowest BCUT2D eigenvalue weighted by Crippen LogP contribution is -2.51. The quantitative estimate of drug-likeness (QED) is 0.894. The van der Waals surface area contributed by atoms with Crippen LogP contribution in [-0.2, 0) is 13.0 Å². The van der Waals surface area contributed by atoms with Crippen molar-refractivity contribution in [2.75, 3.05) is 32.7 Å². The predicted molar refractivity (Wildman–Crippen MR) is 99.6 cm³/mol. The van der Waals surface area contributed by atoms with Gasteiger partial charge in [-0.3, -0.25) is 9.88 Å². The fourth-order valence-electron chi connectivity index (χ4n) is 2.91. The van der Waals surface area contributed by atoms with Crippen molar-refractivity contribution in [1.29, 1.82) is 0 Å². The van der Waals surface area contributed by atoms with E-state index in [-0.39, 0.29) is 6.03 Å². The van der Waals surface area contributed by atoms with Crippen LogP contribution in [0.3, 0.4) is 0 Å². The van der Waals surface area contributed by atoms with Gasteiger partial charge >= 0.3 is 6.03 Å². The number of hydrogen-bond donors (Lipinski definition) is 1. The van der Waals surface area contributed by atoms with Gasteiger partial charge in [0.25, 0.3) is 0 Å². The van der Waals surface area contributed by atoms with E-state index in [9.17, 15) is 4.79 Å². The molecular formula is C19H23ClN4O. The Morgan fingerprint density at radius 1 is 1.08 bits per heavy atom. The summed E-state index contributed by atoms with van der Waals surface area (Å²) in [5.74, 6) is 0. The molecule has 6 heteroatoms. The number of hydrogen-bond acceptors (Lipinski definition) is 3. The molecule has 2 aromatic rings. The second kappa shape index (κ2) is 8.83. The minimum absolute atomic E-state index is 0.0199. The van der Waals surface area contributed by atoms with Crippen molar-refractivity contribution in [1.82, 2.24) is 20.1 Å². The molecule has 1 fully saturated rings. The Morgan fingerprint density at radius 3 is 2.52 bits per heavy atom. The van der Waals surface area contributed by atoms with E-state index < -0.39 is 0 Å². The fourth-order valence-corrected chi connectivity index (χ4v) is 3.03. The highest BCUT2D eigenvalue weighted by molar-refractivity contribution is 6.30. The standard InChI is InChI=1S/C19H23ClN4O/c20-17-6-4-16(5-7-17)8-10-22-19(25)24-13-11-23(12-14-24)15-18-3-1-2-9-21-18/h1-7,9H,8,10-15H2,(H,22,25). The highest BCUT2D eigenvalue weighted by Crippen LogP contribution is 2.10. The molecule has 1 aromatic carbocycles. The first-order valence-corrected chi connectivity index (χ1v) is 8.98. The molecule has 2 heterocycles. The Hall–Kier alpha value is -2.11. The summed E-state index contributed by atoms with van der Waals surface area (Å²) >= 11 is 5.88. The minimum Gasteiger partial charge on any atom is -0.338 e. The summed E-state index contributed by atoms with van der Waals surface area (Å²) in [6.45, 7) is 4.73. The van der Waals surface area contributed by atoms with Crippen molar-refractivity contribution in [3.63, 3.8) is 0 Å². The van der Waals surface area contributed by atoms with Crippen molar-refractivity contribution >= 4 is 17.6 Å². The molecule has 0 saturated carbocycles. The second-order valence-corrected chi connectivity index (χ2v) is 6.63. The molecule has 132 valence electrons. The van der Waals surface area contributed by atoms with E-state index in [1.165, 1.54) is 5.56 Å². The molecule has 0 aliphatic carbocycles. The molecule has 5 nitrogen and oxygen atoms in total. The van der Waals surface area contributed by atoms with Gasteiger partial charge in [0.2, 0.25) is 0 Å². The average Bonchev–Trinajstić information content (AvgIpc) is 2.65. The fraction of sp³-hybridized carbons (Fsp3) is 0.368. The van der Waals surface area contributed by atoms with Crippen molar-refractivity contribution in [2.24, 2.45) is 0 Å². The lowest BCUT2D eigenvalue weighted by molar-refractivity contribution is 0.134. The Kier molecular flexibility index (Phi) is 6.25. The number of nitrogens with zero attached hydrogens (tertiary/aromatic N) is 3. The number of pyridine rings is 1. The van der Waals surface area contributed by atoms with E-state index in [0.717, 1.165) is 49.9 Å². The van der Waals surface area contributed by atoms with Gasteiger partial charge in [-0.15, -0.1) is 0 Å². The summed E-state index contributed by atoms with van der Waals surface area (Å²) in [7, 11) is 0. The number of benzene rings is 1. The SMILES string of the molecule is O=C(NCCc1ccc(Cl)cc1)N1CCN(Cc2ccccn2)CC1. The normalized spacial score (nSPS) is 15.2. The second-order valence-electron chi connectivity index (χ2n) is 6.19. The van der Waals surface area contributed by atoms with Crippen LogP contribution in [0.15, 0.2) is 48.7 Å². The zero-order valence-electron chi connectivity index (χ0n) is 14.2. The highest BCUT2D eigenvalue weighted by atomic mass is 35.5. The maximum absolute atomic E-state index is 12.3. The van der Waals surface area contributed by atoms with Gasteiger partial charge in [0.15, 0.2) is 0 Å². The van der Waals surface area contributed by atoms with Crippen molar-refractivity contribution in [3.05, 3.63) is 64.9 Å². The maximum Gasteiger partial charge on any atom is 0.317 e. The molecule has 3 rings (SSSR count). The summed E-state index contributed by atoms with van der Waals surface area (Å²) < 4.78 is 0. The first-order valence-electron chi connectivity index (χ1n) is 8.60. The molecule has 0 spiro atoms. The van der Waals surface area contributed by atoms with Crippen LogP contribution in [0.5, 0.6) is 0 Å². The predicted octanol–water partition coefficient (Wildman–Crippen LogP) is 2.80. The maximum atomic E-state index is 12.3. The van der Waals surface area contributed by atoms with Gasteiger partial charge in [0.05, 0.1) is 5.69 Å². The number of halogens is 1. The number of urea groups is 1. The first kappa shape index (κ1) is 17.7. The molecule has 1 aliphatic heterocycles. The summed E-state index contributed by atoms with van der Waals surface area (Å²) in [5, 5.41) is 3.74. The van der Waals surface area contributed by atoms with E-state index in [1.54, 1.807) is 0 Å². The summed E-state index contributed by atoms with van der Waals surface area (Å²) in [5.41, 5.74) is 2.24. The number of amides is 2. The van der Waals surface area contributed by atoms with Crippen molar-refractivity contribution < 1.29 is 4.79 Å². The molecule has 1 N–H and O–H groups in total. The van der Waals surface area contributed by atoms with Crippen LogP contribution in [0.4, 0.5) is 4.79 Å². The van der Waals surface area contributed by atoms with Gasteiger partial charge in [-0.05, 0) is 36.2 Å². The Bertz CT molecular complexity index is 670. The van der Waals surface area contributed by atoms with Crippen LogP contribution in [0, 0.1) is 0 Å². The average molecular weight is 359 g/mol. The van der Waals surface area contributed by atoms with E-state index in [4.69, 9.17) is 11.6 Å². The summed E-state index contributed by atoms with van der Waals surface area (Å²) in [6, 6.07) is 13.7. The number of aromatic nitrogens is 1. The monoisotopic (exact) mass is 358 g/mol. The van der Waals surface area contributed by atoms with E-state index in [0.29, 0.717) is 6.54 Å². The molecule has 0 unspecified atom stereocenters.